The molecule has 0 aliphatic heterocycles. The lowest BCUT2D eigenvalue weighted by Gasteiger charge is -2.13. The molecule has 1 unspecified atom stereocenters. The fraction of sp³-hybridized carbons (Fsp3) is 0.235. The van der Waals surface area contributed by atoms with Crippen LogP contribution in [0.1, 0.15) is 46.0 Å². The summed E-state index contributed by atoms with van der Waals surface area (Å²) in [6, 6.07) is 18.7. The molecule has 1 saturated carbocycles. The van der Waals surface area contributed by atoms with E-state index in [0.717, 1.165) is 18.9 Å². The van der Waals surface area contributed by atoms with E-state index in [2.05, 4.69) is 15.0 Å². The van der Waals surface area contributed by atoms with E-state index in [1.54, 1.807) is 18.2 Å². The van der Waals surface area contributed by atoms with E-state index in [1.165, 1.54) is 75.7 Å². The van der Waals surface area contributed by atoms with Gasteiger partial charge in [0, 0.05) is 17.8 Å². The van der Waals surface area contributed by atoms with E-state index >= 15 is 0 Å². The molecule has 1 aliphatic carbocycles. The summed E-state index contributed by atoms with van der Waals surface area (Å²) in [5.41, 5.74) is -0.490. The highest BCUT2D eigenvalue weighted by molar-refractivity contribution is 7.90. The maximum absolute atomic E-state index is 12.6. The van der Waals surface area contributed by atoms with Gasteiger partial charge < -0.3 is 24.3 Å². The third kappa shape index (κ3) is 10.8. The molecule has 0 bridgehead atoms. The van der Waals surface area contributed by atoms with E-state index in [0.29, 0.717) is 17.5 Å². The van der Waals surface area contributed by atoms with Gasteiger partial charge in [-0.05, 0) is 86.5 Å². The second-order valence-electron chi connectivity index (χ2n) is 10.8. The highest BCUT2D eigenvalue weighted by atomic mass is 35.5. The molecule has 12 nitrogen and oxygen atoms in total. The molecule has 1 atom stereocenters. The molecule has 2 N–H and O–H groups in total. The molecule has 1 aliphatic rings. The predicted octanol–water partition coefficient (Wildman–Crippen LogP) is 6.19. The van der Waals surface area contributed by atoms with Crippen molar-refractivity contribution in [2.45, 2.75) is 43.0 Å². The van der Waals surface area contributed by atoms with Gasteiger partial charge in [-0.2, -0.15) is 13.2 Å². The number of nitrogens with zero attached hydrogens (tertiary/aromatic N) is 1. The number of para-hydroxylation sites is 1. The second kappa shape index (κ2) is 16.6. The van der Waals surface area contributed by atoms with Gasteiger partial charge in [0.2, 0.25) is 5.88 Å². The lowest BCUT2D eigenvalue weighted by Crippen LogP contribution is -2.31. The summed E-state index contributed by atoms with van der Waals surface area (Å²) in [5.74, 6) is -0.781. The van der Waals surface area contributed by atoms with E-state index in [1.807, 2.05) is 4.72 Å². The number of hydrogen-bond acceptors (Lipinski definition) is 10. The van der Waals surface area contributed by atoms with Crippen LogP contribution in [0.3, 0.4) is 0 Å². The minimum atomic E-state index is -4.54. The van der Waals surface area contributed by atoms with Gasteiger partial charge in [-0.3, -0.25) is 9.59 Å². The van der Waals surface area contributed by atoms with Crippen LogP contribution in [0.15, 0.2) is 90.0 Å². The summed E-state index contributed by atoms with van der Waals surface area (Å²) >= 11 is 5.77. The Morgan fingerprint density at radius 3 is 2.12 bits per heavy atom. The summed E-state index contributed by atoms with van der Waals surface area (Å²) in [4.78, 5) is 39.0. The Morgan fingerprint density at radius 1 is 0.922 bits per heavy atom. The number of carbonyl (C=O) groups is 3. The van der Waals surface area contributed by atoms with E-state index < -0.39 is 39.7 Å². The van der Waals surface area contributed by atoms with Crippen LogP contribution in [0.2, 0.25) is 5.02 Å². The fourth-order valence-corrected chi connectivity index (χ4v) is 5.29. The first-order chi connectivity index (χ1) is 24.1. The number of ether oxygens (including phenoxy) is 4. The number of sulfonamides is 1. The average Bonchev–Trinajstić information content (AvgIpc) is 3.93. The van der Waals surface area contributed by atoms with E-state index in [4.69, 9.17) is 25.8 Å². The minimum absolute atomic E-state index is 0.108. The molecule has 3 aromatic carbocycles. The largest absolute Gasteiger partial charge is 0.496 e. The van der Waals surface area contributed by atoms with Gasteiger partial charge in [0.25, 0.3) is 21.8 Å². The molecule has 5 rings (SSSR count). The standard InChI is InChI=1S/C18H18N2O5S.C16H13ClF3NO4/c1-25-16-5-3-2-4-15(16)18(22)20-26(23,24)14-10-6-12(7-11-14)17(21)19-13-8-9-13;1-9(15(22)23-2)24-11-3-5-12(6-4-11)25-14-13(17)7-10(8-21-14)16(18,19)20/h2-7,10-11,13H,8-9H2,1H3,(H,19,21)(H,20,22);3-9H,1-2H3. The topological polar surface area (TPSA) is 159 Å². The Labute approximate surface area is 295 Å². The van der Waals surface area contributed by atoms with Crippen molar-refractivity contribution in [3.05, 3.63) is 107 Å². The fourth-order valence-electron chi connectivity index (χ4n) is 4.12. The number of amides is 2. The van der Waals surface area contributed by atoms with Gasteiger partial charge in [-0.25, -0.2) is 22.9 Å². The quantitative estimate of drug-likeness (QED) is 0.169. The molecule has 51 heavy (non-hydrogen) atoms. The number of rotatable bonds is 11. The van der Waals surface area contributed by atoms with Gasteiger partial charge >= 0.3 is 12.1 Å². The number of hydrogen-bond donors (Lipinski definition) is 2. The van der Waals surface area contributed by atoms with Crippen molar-refractivity contribution in [1.29, 1.82) is 0 Å². The third-order valence-electron chi connectivity index (χ3n) is 6.94. The van der Waals surface area contributed by atoms with Crippen molar-refractivity contribution in [3.63, 3.8) is 0 Å². The Morgan fingerprint density at radius 2 is 1.55 bits per heavy atom. The number of halogens is 4. The SMILES string of the molecule is COC(=O)C(C)Oc1ccc(Oc2ncc(C(F)(F)F)cc2Cl)cc1.COc1ccccc1C(=O)NS(=O)(=O)c1ccc(C(=O)NC2CC2)cc1. The second-order valence-corrected chi connectivity index (χ2v) is 12.9. The number of alkyl halides is 3. The summed E-state index contributed by atoms with van der Waals surface area (Å²) in [6.07, 6.45) is -2.76. The summed E-state index contributed by atoms with van der Waals surface area (Å²) in [6.45, 7) is 1.53. The number of aromatic nitrogens is 1. The smallest absolute Gasteiger partial charge is 0.417 e. The molecule has 17 heteroatoms. The molecule has 4 aromatic rings. The van der Waals surface area contributed by atoms with Gasteiger partial charge in [0.15, 0.2) is 6.10 Å². The van der Waals surface area contributed by atoms with Crippen molar-refractivity contribution >= 4 is 39.4 Å². The van der Waals surface area contributed by atoms with Gasteiger partial charge in [-0.15, -0.1) is 0 Å². The number of pyridine rings is 1. The molecule has 1 aromatic heterocycles. The van der Waals surface area contributed by atoms with Crippen LogP contribution in [0.25, 0.3) is 0 Å². The molecule has 0 radical (unpaired) electrons. The summed E-state index contributed by atoms with van der Waals surface area (Å²) < 4.78 is 84.9. The molecular formula is C34H31ClF3N3O9S. The van der Waals surface area contributed by atoms with Crippen LogP contribution in [-0.2, 0) is 25.7 Å². The van der Waals surface area contributed by atoms with E-state index in [-0.39, 0.29) is 44.8 Å². The van der Waals surface area contributed by atoms with Gasteiger partial charge in [-0.1, -0.05) is 23.7 Å². The van der Waals surface area contributed by atoms with Crippen LogP contribution in [0.4, 0.5) is 13.2 Å². The number of esters is 1. The normalized spacial score (nSPS) is 13.1. The predicted molar refractivity (Wildman–Crippen MR) is 177 cm³/mol. The Bertz CT molecular complexity index is 1970. The van der Waals surface area contributed by atoms with Crippen molar-refractivity contribution in [2.24, 2.45) is 0 Å². The molecule has 1 heterocycles. The maximum atomic E-state index is 12.6. The molecular weight excluding hydrogens is 719 g/mol. The van der Waals surface area contributed by atoms with Crippen LogP contribution in [-0.4, -0.2) is 57.6 Å². The highest BCUT2D eigenvalue weighted by Crippen LogP contribution is 2.35. The van der Waals surface area contributed by atoms with Crippen LogP contribution >= 0.6 is 11.6 Å². The van der Waals surface area contributed by atoms with Crippen molar-refractivity contribution in [3.8, 4) is 23.1 Å². The first kappa shape index (κ1) is 38.5. The lowest BCUT2D eigenvalue weighted by atomic mass is 10.2. The first-order valence-electron chi connectivity index (χ1n) is 15.0. The highest BCUT2D eigenvalue weighted by Gasteiger charge is 2.32. The van der Waals surface area contributed by atoms with Crippen LogP contribution in [0.5, 0.6) is 23.1 Å². The number of benzene rings is 3. The molecule has 0 spiro atoms. The lowest BCUT2D eigenvalue weighted by molar-refractivity contribution is -0.148. The number of nitrogens with one attached hydrogen (secondary N) is 2. The molecule has 1 fully saturated rings. The zero-order valence-corrected chi connectivity index (χ0v) is 28.8. The summed E-state index contributed by atoms with van der Waals surface area (Å²) in [5, 5.41) is 2.55. The Balaban J connectivity index is 0.000000229. The zero-order valence-electron chi connectivity index (χ0n) is 27.2. The molecule has 2 amide bonds. The van der Waals surface area contributed by atoms with Crippen LogP contribution < -0.4 is 24.2 Å². The number of methoxy groups -OCH3 is 2. The third-order valence-corrected chi connectivity index (χ3v) is 8.55. The Kier molecular flexibility index (Phi) is 12.5. The Hall–Kier alpha value is -5.35. The van der Waals surface area contributed by atoms with Crippen molar-refractivity contribution in [2.75, 3.05) is 14.2 Å². The average molecular weight is 750 g/mol. The summed E-state index contributed by atoms with van der Waals surface area (Å²) in [7, 11) is -1.43. The maximum Gasteiger partial charge on any atom is 0.417 e. The molecule has 0 saturated heterocycles. The molecule has 270 valence electrons. The van der Waals surface area contributed by atoms with E-state index in [9.17, 15) is 36.0 Å². The van der Waals surface area contributed by atoms with Crippen LogP contribution in [0, 0.1) is 0 Å². The van der Waals surface area contributed by atoms with Crippen molar-refractivity contribution in [1.82, 2.24) is 15.0 Å². The van der Waals surface area contributed by atoms with Gasteiger partial charge in [0.1, 0.15) is 22.3 Å². The number of carbonyl (C=O) groups excluding carboxylic acids is 3. The zero-order chi connectivity index (χ0) is 37.3. The first-order valence-corrected chi connectivity index (χ1v) is 16.8. The van der Waals surface area contributed by atoms with Gasteiger partial charge in [0.05, 0.1) is 30.2 Å². The monoisotopic (exact) mass is 749 g/mol. The minimum Gasteiger partial charge on any atom is -0.496 e. The van der Waals surface area contributed by atoms with Crippen molar-refractivity contribution < 1.29 is 54.9 Å².